The zero-order valence-electron chi connectivity index (χ0n) is 9.90. The summed E-state index contributed by atoms with van der Waals surface area (Å²) in [4.78, 5) is 2.62. The molecule has 16 heavy (non-hydrogen) atoms. The van der Waals surface area contributed by atoms with Gasteiger partial charge in [-0.25, -0.2) is 0 Å². The van der Waals surface area contributed by atoms with E-state index in [0.29, 0.717) is 0 Å². The number of rotatable bonds is 6. The first-order valence-electron chi connectivity index (χ1n) is 6.07. The number of hydrogen-bond acceptors (Lipinski definition) is 2. The van der Waals surface area contributed by atoms with Crippen LogP contribution in [-0.2, 0) is 13.5 Å². The van der Waals surface area contributed by atoms with Crippen LogP contribution in [0.15, 0.2) is 12.4 Å². The summed E-state index contributed by atoms with van der Waals surface area (Å²) in [6.45, 7) is 2.34. The lowest BCUT2D eigenvalue weighted by Crippen LogP contribution is -2.42. The molecule has 0 radical (unpaired) electrons. The average molecular weight is 286 g/mol. The van der Waals surface area contributed by atoms with Crippen LogP contribution < -0.4 is 0 Å². The molecule has 1 heterocycles. The summed E-state index contributed by atoms with van der Waals surface area (Å²) in [6.07, 6.45) is 9.41. The third-order valence-corrected chi connectivity index (χ3v) is 3.76. The Balaban J connectivity index is 1.81. The SMILES string of the molecule is Cn1cc(CCN(CCBr)C2CCC2)cn1. The maximum Gasteiger partial charge on any atom is 0.0522 e. The van der Waals surface area contributed by atoms with Gasteiger partial charge in [-0.3, -0.25) is 9.58 Å². The van der Waals surface area contributed by atoms with E-state index in [2.05, 4.69) is 32.1 Å². The third-order valence-electron chi connectivity index (χ3n) is 3.41. The molecule has 0 amide bonds. The largest absolute Gasteiger partial charge is 0.299 e. The van der Waals surface area contributed by atoms with Crippen molar-refractivity contribution in [3.05, 3.63) is 18.0 Å². The number of aryl methyl sites for hydroxylation is 1. The smallest absolute Gasteiger partial charge is 0.0522 e. The van der Waals surface area contributed by atoms with Gasteiger partial charge >= 0.3 is 0 Å². The van der Waals surface area contributed by atoms with Crippen LogP contribution in [0.4, 0.5) is 0 Å². The van der Waals surface area contributed by atoms with Gasteiger partial charge < -0.3 is 0 Å². The molecule has 4 heteroatoms. The Kier molecular flexibility index (Phi) is 4.41. The van der Waals surface area contributed by atoms with Crippen LogP contribution in [0.25, 0.3) is 0 Å². The minimum absolute atomic E-state index is 0.842. The number of halogens is 1. The van der Waals surface area contributed by atoms with Crippen molar-refractivity contribution in [3.63, 3.8) is 0 Å². The highest BCUT2D eigenvalue weighted by molar-refractivity contribution is 9.09. The Labute approximate surface area is 106 Å². The van der Waals surface area contributed by atoms with E-state index in [0.717, 1.165) is 17.8 Å². The molecule has 2 rings (SSSR count). The zero-order chi connectivity index (χ0) is 11.4. The summed E-state index contributed by atoms with van der Waals surface area (Å²) in [5.41, 5.74) is 1.35. The molecule has 0 bridgehead atoms. The molecule has 0 saturated heterocycles. The molecule has 1 fully saturated rings. The first-order valence-corrected chi connectivity index (χ1v) is 7.19. The summed E-state index contributed by atoms with van der Waals surface area (Å²) in [7, 11) is 1.98. The first kappa shape index (κ1) is 12.1. The summed E-state index contributed by atoms with van der Waals surface area (Å²) in [6, 6.07) is 0.842. The molecule has 0 spiro atoms. The lowest BCUT2D eigenvalue weighted by molar-refractivity contribution is 0.137. The Morgan fingerprint density at radius 3 is 2.81 bits per heavy atom. The van der Waals surface area contributed by atoms with Crippen LogP contribution in [0, 0.1) is 0 Å². The minimum Gasteiger partial charge on any atom is -0.299 e. The monoisotopic (exact) mass is 285 g/mol. The molecular formula is C12H20BrN3. The van der Waals surface area contributed by atoms with Gasteiger partial charge in [0.1, 0.15) is 0 Å². The Hall–Kier alpha value is -0.350. The molecule has 1 aromatic rings. The zero-order valence-corrected chi connectivity index (χ0v) is 11.5. The van der Waals surface area contributed by atoms with Crippen molar-refractivity contribution in [2.45, 2.75) is 31.7 Å². The van der Waals surface area contributed by atoms with Gasteiger partial charge in [-0.1, -0.05) is 22.4 Å². The first-order chi connectivity index (χ1) is 7.79. The maximum absolute atomic E-state index is 4.21. The van der Waals surface area contributed by atoms with Gasteiger partial charge in [-0.15, -0.1) is 0 Å². The highest BCUT2D eigenvalue weighted by atomic mass is 79.9. The van der Waals surface area contributed by atoms with Crippen LogP contribution in [0.5, 0.6) is 0 Å². The van der Waals surface area contributed by atoms with E-state index in [-0.39, 0.29) is 0 Å². The van der Waals surface area contributed by atoms with E-state index in [9.17, 15) is 0 Å². The van der Waals surface area contributed by atoms with Crippen LogP contribution in [-0.4, -0.2) is 39.1 Å². The van der Waals surface area contributed by atoms with Crippen LogP contribution in [0.1, 0.15) is 24.8 Å². The summed E-state index contributed by atoms with van der Waals surface area (Å²) in [5.74, 6) is 0. The van der Waals surface area contributed by atoms with Crippen molar-refractivity contribution in [1.82, 2.24) is 14.7 Å². The lowest BCUT2D eigenvalue weighted by Gasteiger charge is -2.37. The number of nitrogens with zero attached hydrogens (tertiary/aromatic N) is 3. The topological polar surface area (TPSA) is 21.1 Å². The lowest BCUT2D eigenvalue weighted by atomic mass is 9.91. The number of hydrogen-bond donors (Lipinski definition) is 0. The van der Waals surface area contributed by atoms with Gasteiger partial charge in [0.15, 0.2) is 0 Å². The maximum atomic E-state index is 4.21. The van der Waals surface area contributed by atoms with E-state index in [4.69, 9.17) is 0 Å². The Morgan fingerprint density at radius 2 is 2.31 bits per heavy atom. The summed E-state index contributed by atoms with van der Waals surface area (Å²) in [5, 5.41) is 5.29. The van der Waals surface area contributed by atoms with Gasteiger partial charge in [-0.2, -0.15) is 5.10 Å². The third kappa shape index (κ3) is 3.08. The normalized spacial score (nSPS) is 16.7. The van der Waals surface area contributed by atoms with Gasteiger partial charge in [-0.05, 0) is 24.8 Å². The van der Waals surface area contributed by atoms with Crippen LogP contribution in [0.2, 0.25) is 0 Å². The molecule has 0 atom stereocenters. The van der Waals surface area contributed by atoms with Crippen molar-refractivity contribution in [3.8, 4) is 0 Å². The van der Waals surface area contributed by atoms with Crippen LogP contribution >= 0.6 is 15.9 Å². The van der Waals surface area contributed by atoms with E-state index >= 15 is 0 Å². The van der Waals surface area contributed by atoms with Crippen molar-refractivity contribution >= 4 is 15.9 Å². The molecule has 1 aliphatic carbocycles. The van der Waals surface area contributed by atoms with Crippen molar-refractivity contribution < 1.29 is 0 Å². The van der Waals surface area contributed by atoms with Crippen LogP contribution in [0.3, 0.4) is 0 Å². The number of alkyl halides is 1. The van der Waals surface area contributed by atoms with E-state index < -0.39 is 0 Å². The fourth-order valence-corrected chi connectivity index (χ4v) is 2.67. The second-order valence-electron chi connectivity index (χ2n) is 4.58. The molecule has 1 aliphatic rings. The average Bonchev–Trinajstić information content (AvgIpc) is 2.58. The van der Waals surface area contributed by atoms with E-state index in [1.54, 1.807) is 0 Å². The molecule has 0 aliphatic heterocycles. The second kappa shape index (κ2) is 5.82. The van der Waals surface area contributed by atoms with Gasteiger partial charge in [0.25, 0.3) is 0 Å². The van der Waals surface area contributed by atoms with Crippen molar-refractivity contribution in [1.29, 1.82) is 0 Å². The van der Waals surface area contributed by atoms with E-state index in [1.807, 2.05) is 17.9 Å². The minimum atomic E-state index is 0.842. The molecule has 1 aromatic heterocycles. The highest BCUT2D eigenvalue weighted by Crippen LogP contribution is 2.24. The predicted molar refractivity (Wildman–Crippen MR) is 69.9 cm³/mol. The molecule has 1 saturated carbocycles. The van der Waals surface area contributed by atoms with Crippen molar-refractivity contribution in [2.24, 2.45) is 7.05 Å². The molecule has 0 N–H and O–H groups in total. The summed E-state index contributed by atoms with van der Waals surface area (Å²) >= 11 is 3.54. The molecule has 0 aromatic carbocycles. The Morgan fingerprint density at radius 1 is 1.50 bits per heavy atom. The van der Waals surface area contributed by atoms with Gasteiger partial charge in [0.05, 0.1) is 6.20 Å². The quantitative estimate of drug-likeness (QED) is 0.748. The van der Waals surface area contributed by atoms with Crippen molar-refractivity contribution in [2.75, 3.05) is 18.4 Å². The fraction of sp³-hybridized carbons (Fsp3) is 0.750. The molecule has 0 unspecified atom stereocenters. The standard InChI is InChI=1S/C12H20BrN3/c1-15-10-11(9-14-15)5-7-16(8-6-13)12-3-2-4-12/h9-10,12H,2-8H2,1H3. The predicted octanol–water partition coefficient (Wildman–Crippen LogP) is 2.21. The highest BCUT2D eigenvalue weighted by Gasteiger charge is 2.23. The van der Waals surface area contributed by atoms with Gasteiger partial charge in [0.2, 0.25) is 0 Å². The Bertz CT molecular complexity index is 320. The van der Waals surface area contributed by atoms with Gasteiger partial charge in [0, 0.05) is 37.7 Å². The summed E-state index contributed by atoms with van der Waals surface area (Å²) < 4.78 is 1.88. The fourth-order valence-electron chi connectivity index (χ4n) is 2.21. The number of aromatic nitrogens is 2. The second-order valence-corrected chi connectivity index (χ2v) is 5.37. The molecule has 90 valence electrons. The molecular weight excluding hydrogens is 266 g/mol. The van der Waals surface area contributed by atoms with E-state index in [1.165, 1.54) is 37.9 Å². The molecule has 3 nitrogen and oxygen atoms in total.